The van der Waals surface area contributed by atoms with Crippen LogP contribution in [0.5, 0.6) is 0 Å². The molecule has 0 aromatic carbocycles. The number of pyridine rings is 1. The van der Waals surface area contributed by atoms with Crippen LogP contribution in [0.3, 0.4) is 0 Å². The minimum atomic E-state index is -0.505. The summed E-state index contributed by atoms with van der Waals surface area (Å²) in [6, 6.07) is 3.57. The highest BCUT2D eigenvalue weighted by molar-refractivity contribution is 14.0. The van der Waals surface area contributed by atoms with Gasteiger partial charge in [0.25, 0.3) is 0 Å². The van der Waals surface area contributed by atoms with Crippen molar-refractivity contribution in [3.63, 3.8) is 0 Å². The van der Waals surface area contributed by atoms with E-state index in [1.54, 1.807) is 36.5 Å². The van der Waals surface area contributed by atoms with E-state index in [2.05, 4.69) is 25.9 Å². The monoisotopic (exact) mass is 490 g/mol. The van der Waals surface area contributed by atoms with Crippen LogP contribution < -0.4 is 16.0 Å². The van der Waals surface area contributed by atoms with Crippen LogP contribution in [0.25, 0.3) is 0 Å². The molecule has 0 bridgehead atoms. The van der Waals surface area contributed by atoms with E-state index < -0.39 is 5.60 Å². The number of rotatable bonds is 4. The molecule has 3 N–H and O–H groups in total. The Morgan fingerprint density at radius 3 is 2.63 bits per heavy atom. The Morgan fingerprint density at radius 1 is 1.37 bits per heavy atom. The van der Waals surface area contributed by atoms with Crippen molar-refractivity contribution in [3.05, 3.63) is 24.5 Å². The Kier molecular flexibility index (Phi) is 8.73. The highest BCUT2D eigenvalue weighted by Crippen LogP contribution is 2.15. The van der Waals surface area contributed by atoms with Gasteiger partial charge in [-0.3, -0.25) is 14.8 Å². The van der Waals surface area contributed by atoms with Crippen LogP contribution in [-0.2, 0) is 9.53 Å². The van der Waals surface area contributed by atoms with E-state index in [1.807, 2.05) is 20.8 Å². The number of aliphatic imine (C=N–C) groups is 1. The summed E-state index contributed by atoms with van der Waals surface area (Å²) in [5.74, 6) is 0.296. The fourth-order valence-electron chi connectivity index (χ4n) is 2.24. The van der Waals surface area contributed by atoms with Gasteiger partial charge in [-0.15, -0.1) is 24.0 Å². The molecule has 1 aliphatic heterocycles. The van der Waals surface area contributed by atoms with Gasteiger partial charge >= 0.3 is 6.09 Å². The summed E-state index contributed by atoms with van der Waals surface area (Å²) in [5.41, 5.74) is 0.128. The molecule has 1 aromatic heterocycles. The van der Waals surface area contributed by atoms with Gasteiger partial charge in [0.15, 0.2) is 5.96 Å². The molecular formula is C17H27IN6O3. The number of likely N-dealkylation sites (tertiary alicyclic amines) is 1. The minimum Gasteiger partial charge on any atom is -0.444 e. The molecule has 1 fully saturated rings. The van der Waals surface area contributed by atoms with Crippen molar-refractivity contribution in [2.75, 3.05) is 32.0 Å². The van der Waals surface area contributed by atoms with Crippen LogP contribution in [0, 0.1) is 0 Å². The summed E-state index contributed by atoms with van der Waals surface area (Å²) in [6.07, 6.45) is 2.89. The predicted octanol–water partition coefficient (Wildman–Crippen LogP) is 1.42. The summed E-state index contributed by atoms with van der Waals surface area (Å²) in [4.78, 5) is 33.5. The second-order valence-corrected chi connectivity index (χ2v) is 6.94. The van der Waals surface area contributed by atoms with Gasteiger partial charge < -0.3 is 25.6 Å². The zero-order valence-electron chi connectivity index (χ0n) is 16.0. The topological polar surface area (TPSA) is 108 Å². The lowest BCUT2D eigenvalue weighted by Crippen LogP contribution is -2.63. The van der Waals surface area contributed by atoms with E-state index in [0.717, 1.165) is 0 Å². The summed E-state index contributed by atoms with van der Waals surface area (Å²) in [7, 11) is 1.62. The van der Waals surface area contributed by atoms with Gasteiger partial charge in [0.1, 0.15) is 5.60 Å². The average Bonchev–Trinajstić information content (AvgIpc) is 2.52. The molecule has 10 heteroatoms. The number of nitrogens with zero attached hydrogens (tertiary/aromatic N) is 3. The van der Waals surface area contributed by atoms with E-state index in [4.69, 9.17) is 4.74 Å². The van der Waals surface area contributed by atoms with Crippen molar-refractivity contribution in [2.24, 2.45) is 4.99 Å². The standard InChI is InChI=1S/C17H26N6O3.HI/c1-17(2,3)26-16(25)23-10-13(11-23)22-15(18-4)20-9-14(24)21-12-6-5-7-19-8-12;/h5-8,13H,9-11H2,1-4H3,(H,21,24)(H2,18,20,22);1H. The molecule has 150 valence electrons. The van der Waals surface area contributed by atoms with Crippen molar-refractivity contribution in [1.29, 1.82) is 0 Å². The van der Waals surface area contributed by atoms with Gasteiger partial charge in [-0.25, -0.2) is 4.79 Å². The predicted molar refractivity (Wildman–Crippen MR) is 114 cm³/mol. The van der Waals surface area contributed by atoms with E-state index in [9.17, 15) is 9.59 Å². The molecule has 1 saturated heterocycles. The van der Waals surface area contributed by atoms with Crippen LogP contribution in [0.1, 0.15) is 20.8 Å². The SMILES string of the molecule is CN=C(NCC(=O)Nc1cccnc1)NC1CN(C(=O)OC(C)(C)C)C1.I. The van der Waals surface area contributed by atoms with Crippen molar-refractivity contribution >= 4 is 47.6 Å². The van der Waals surface area contributed by atoms with Gasteiger partial charge in [-0.2, -0.15) is 0 Å². The fourth-order valence-corrected chi connectivity index (χ4v) is 2.24. The van der Waals surface area contributed by atoms with Crippen LogP contribution in [0.2, 0.25) is 0 Å². The Bertz CT molecular complexity index is 656. The normalized spacial score (nSPS) is 14.5. The molecule has 0 atom stereocenters. The van der Waals surface area contributed by atoms with E-state index >= 15 is 0 Å². The largest absolute Gasteiger partial charge is 0.444 e. The third-order valence-corrected chi connectivity index (χ3v) is 3.46. The van der Waals surface area contributed by atoms with E-state index in [0.29, 0.717) is 24.7 Å². The number of halogens is 1. The number of hydrogen-bond acceptors (Lipinski definition) is 5. The molecule has 1 aromatic rings. The Morgan fingerprint density at radius 2 is 2.07 bits per heavy atom. The molecule has 0 aliphatic carbocycles. The zero-order chi connectivity index (χ0) is 19.2. The van der Waals surface area contributed by atoms with Crippen LogP contribution in [0.4, 0.5) is 10.5 Å². The van der Waals surface area contributed by atoms with Gasteiger partial charge in [0, 0.05) is 26.3 Å². The summed E-state index contributed by atoms with van der Waals surface area (Å²) in [6.45, 7) is 6.63. The first-order valence-electron chi connectivity index (χ1n) is 8.42. The molecule has 27 heavy (non-hydrogen) atoms. The Balaban J connectivity index is 0.00000364. The van der Waals surface area contributed by atoms with Crippen molar-refractivity contribution in [3.8, 4) is 0 Å². The number of carbonyl (C=O) groups excluding carboxylic acids is 2. The van der Waals surface area contributed by atoms with Gasteiger partial charge in [0.2, 0.25) is 5.91 Å². The first kappa shape index (κ1) is 22.9. The quantitative estimate of drug-likeness (QED) is 0.335. The number of anilines is 1. The molecule has 0 saturated carbocycles. The number of amides is 2. The number of aromatic nitrogens is 1. The van der Waals surface area contributed by atoms with Gasteiger partial charge in [-0.05, 0) is 32.9 Å². The molecule has 2 rings (SSSR count). The first-order chi connectivity index (χ1) is 12.3. The lowest BCUT2D eigenvalue weighted by atomic mass is 10.1. The Hall–Kier alpha value is -2.11. The number of carbonyl (C=O) groups is 2. The maximum absolute atomic E-state index is 11.9. The second kappa shape index (κ2) is 10.3. The number of guanidine groups is 1. The van der Waals surface area contributed by atoms with Crippen LogP contribution >= 0.6 is 24.0 Å². The lowest BCUT2D eigenvalue weighted by Gasteiger charge is -2.40. The average molecular weight is 490 g/mol. The minimum absolute atomic E-state index is 0. The van der Waals surface area contributed by atoms with Crippen molar-refractivity contribution < 1.29 is 14.3 Å². The summed E-state index contributed by atoms with van der Waals surface area (Å²) in [5, 5.41) is 8.84. The molecule has 2 heterocycles. The molecule has 1 aliphatic rings. The maximum atomic E-state index is 11.9. The van der Waals surface area contributed by atoms with E-state index in [1.165, 1.54) is 0 Å². The zero-order valence-corrected chi connectivity index (χ0v) is 18.3. The molecule has 0 radical (unpaired) electrons. The summed E-state index contributed by atoms with van der Waals surface area (Å²) < 4.78 is 5.31. The molecular weight excluding hydrogens is 463 g/mol. The summed E-state index contributed by atoms with van der Waals surface area (Å²) >= 11 is 0. The Labute approximate surface area is 176 Å². The van der Waals surface area contributed by atoms with Gasteiger partial charge in [-0.1, -0.05) is 0 Å². The molecule has 9 nitrogen and oxygen atoms in total. The van der Waals surface area contributed by atoms with Gasteiger partial charge in [0.05, 0.1) is 24.5 Å². The maximum Gasteiger partial charge on any atom is 0.410 e. The fraction of sp³-hybridized carbons (Fsp3) is 0.529. The third kappa shape index (κ3) is 7.97. The number of hydrogen-bond donors (Lipinski definition) is 3. The van der Waals surface area contributed by atoms with Crippen molar-refractivity contribution in [1.82, 2.24) is 20.5 Å². The molecule has 0 unspecified atom stereocenters. The third-order valence-electron chi connectivity index (χ3n) is 3.46. The molecule has 0 spiro atoms. The number of nitrogens with one attached hydrogen (secondary N) is 3. The number of ether oxygens (including phenoxy) is 1. The molecule has 2 amide bonds. The smallest absolute Gasteiger partial charge is 0.410 e. The second-order valence-electron chi connectivity index (χ2n) is 6.94. The lowest BCUT2D eigenvalue weighted by molar-refractivity contribution is -0.115. The first-order valence-corrected chi connectivity index (χ1v) is 8.42. The van der Waals surface area contributed by atoms with Crippen LogP contribution in [-0.4, -0.2) is 66.2 Å². The highest BCUT2D eigenvalue weighted by Gasteiger charge is 2.34. The van der Waals surface area contributed by atoms with Crippen LogP contribution in [0.15, 0.2) is 29.5 Å². The van der Waals surface area contributed by atoms with Crippen molar-refractivity contribution in [2.45, 2.75) is 32.4 Å². The highest BCUT2D eigenvalue weighted by atomic mass is 127. The van der Waals surface area contributed by atoms with E-state index in [-0.39, 0.29) is 48.6 Å².